The fraction of sp³-hybridized carbons (Fsp3) is 0.429. The van der Waals surface area contributed by atoms with Crippen LogP contribution in [0.2, 0.25) is 0 Å². The molecule has 3 aliphatic rings. The highest BCUT2D eigenvalue weighted by atomic mass is 32.2. The van der Waals surface area contributed by atoms with E-state index < -0.39 is 10.0 Å². The van der Waals surface area contributed by atoms with Crippen LogP contribution in [0, 0.1) is 0 Å². The molecule has 0 atom stereocenters. The molecule has 2 aliphatic heterocycles. The predicted molar refractivity (Wildman–Crippen MR) is 173 cm³/mol. The van der Waals surface area contributed by atoms with Crippen LogP contribution in [-0.2, 0) is 23.0 Å². The van der Waals surface area contributed by atoms with Gasteiger partial charge in [0, 0.05) is 43.4 Å². The third kappa shape index (κ3) is 6.81. The summed E-state index contributed by atoms with van der Waals surface area (Å²) >= 11 is 0. The Kier molecular flexibility index (Phi) is 8.82. The van der Waals surface area contributed by atoms with Crippen LogP contribution in [0.3, 0.4) is 0 Å². The van der Waals surface area contributed by atoms with E-state index in [-0.39, 0.29) is 6.54 Å². The molecule has 0 unspecified atom stereocenters. The van der Waals surface area contributed by atoms with Crippen molar-refractivity contribution in [1.29, 1.82) is 0 Å². The summed E-state index contributed by atoms with van der Waals surface area (Å²) in [5, 5.41) is 3.98. The Labute approximate surface area is 251 Å². The van der Waals surface area contributed by atoms with Crippen molar-refractivity contribution in [2.75, 3.05) is 31.1 Å². The van der Waals surface area contributed by atoms with Crippen LogP contribution in [-0.4, -0.2) is 57.6 Å². The number of nitrogens with one attached hydrogen (secondary N) is 2. The van der Waals surface area contributed by atoms with Crippen LogP contribution in [0.25, 0.3) is 11.6 Å². The van der Waals surface area contributed by atoms with Gasteiger partial charge in [-0.05, 0) is 111 Å². The van der Waals surface area contributed by atoms with Gasteiger partial charge >= 0.3 is 0 Å². The molecule has 42 heavy (non-hydrogen) atoms. The van der Waals surface area contributed by atoms with Gasteiger partial charge < -0.3 is 15.1 Å². The van der Waals surface area contributed by atoms with Gasteiger partial charge in [-0.1, -0.05) is 54.6 Å². The minimum absolute atomic E-state index is 0.277. The highest BCUT2D eigenvalue weighted by Crippen LogP contribution is 2.34. The Morgan fingerprint density at radius 2 is 1.55 bits per heavy atom. The fourth-order valence-electron chi connectivity index (χ4n) is 6.64. The number of likely N-dealkylation sites (tertiary alicyclic amines) is 1. The molecule has 2 fully saturated rings. The first-order chi connectivity index (χ1) is 20.3. The van der Waals surface area contributed by atoms with E-state index in [1.807, 2.05) is 42.5 Å². The first-order valence-electron chi connectivity index (χ1n) is 15.6. The number of allylic oxidation sites excluding steroid dienone is 1. The number of anilines is 1. The molecule has 0 bridgehead atoms. The van der Waals surface area contributed by atoms with Crippen molar-refractivity contribution in [2.45, 2.75) is 75.5 Å². The number of benzene rings is 3. The van der Waals surface area contributed by atoms with Crippen molar-refractivity contribution in [3.8, 4) is 0 Å². The van der Waals surface area contributed by atoms with Gasteiger partial charge in [0.25, 0.3) is 0 Å². The molecule has 0 radical (unpaired) electrons. The number of hydrogen-bond acceptors (Lipinski definition) is 5. The van der Waals surface area contributed by atoms with Crippen LogP contribution in [0.4, 0.5) is 5.69 Å². The van der Waals surface area contributed by atoms with Crippen molar-refractivity contribution in [2.24, 2.45) is 0 Å². The number of hydrogen-bond donors (Lipinski definition) is 2. The van der Waals surface area contributed by atoms with E-state index in [0.29, 0.717) is 23.0 Å². The summed E-state index contributed by atoms with van der Waals surface area (Å²) < 4.78 is 28.8. The second kappa shape index (κ2) is 12.7. The molecule has 0 amide bonds. The topological polar surface area (TPSA) is 64.7 Å². The lowest BCUT2D eigenvalue weighted by Crippen LogP contribution is -2.50. The SMILES string of the molecule is CC(C)N1CCC(NC2CCN(c3cccc(C4=Cc5cc(S(=O)(=O)NCc6ccccc6)ccc5C4)c3)CC2)CC1. The monoisotopic (exact) mass is 584 g/mol. The molecule has 0 aromatic heterocycles. The molecule has 0 spiro atoms. The minimum atomic E-state index is -3.60. The van der Waals surface area contributed by atoms with E-state index in [2.05, 4.69) is 64.0 Å². The quantitative estimate of drug-likeness (QED) is 0.338. The van der Waals surface area contributed by atoms with Crippen LogP contribution in [0.5, 0.6) is 0 Å². The maximum Gasteiger partial charge on any atom is 0.240 e. The normalized spacial score (nSPS) is 18.8. The highest BCUT2D eigenvalue weighted by molar-refractivity contribution is 7.89. The largest absolute Gasteiger partial charge is 0.371 e. The summed E-state index contributed by atoms with van der Waals surface area (Å²) in [5.74, 6) is 0. The maximum absolute atomic E-state index is 13.0. The van der Waals surface area contributed by atoms with Gasteiger partial charge in [-0.15, -0.1) is 0 Å². The molecule has 2 N–H and O–H groups in total. The van der Waals surface area contributed by atoms with Crippen molar-refractivity contribution in [1.82, 2.24) is 14.9 Å². The summed E-state index contributed by atoms with van der Waals surface area (Å²) in [6, 6.07) is 25.9. The van der Waals surface area contributed by atoms with E-state index in [4.69, 9.17) is 0 Å². The lowest BCUT2D eigenvalue weighted by atomic mass is 9.98. The number of sulfonamides is 1. The van der Waals surface area contributed by atoms with E-state index in [1.54, 1.807) is 6.07 Å². The molecule has 222 valence electrons. The molecule has 3 aromatic rings. The van der Waals surface area contributed by atoms with E-state index >= 15 is 0 Å². The third-order valence-electron chi connectivity index (χ3n) is 9.26. The fourth-order valence-corrected chi connectivity index (χ4v) is 7.70. The Bertz CT molecular complexity index is 1500. The summed E-state index contributed by atoms with van der Waals surface area (Å²) in [7, 11) is -3.60. The summed E-state index contributed by atoms with van der Waals surface area (Å²) in [6.45, 7) is 9.45. The van der Waals surface area contributed by atoms with Crippen LogP contribution >= 0.6 is 0 Å². The second-order valence-corrected chi connectivity index (χ2v) is 14.2. The molecule has 1 aliphatic carbocycles. The molecule has 6 nitrogen and oxygen atoms in total. The number of nitrogens with zero attached hydrogens (tertiary/aromatic N) is 2. The zero-order valence-electron chi connectivity index (χ0n) is 24.9. The maximum atomic E-state index is 13.0. The molecule has 7 heteroatoms. The van der Waals surface area contributed by atoms with Crippen LogP contribution in [0.1, 0.15) is 61.8 Å². The predicted octanol–water partition coefficient (Wildman–Crippen LogP) is 5.69. The second-order valence-electron chi connectivity index (χ2n) is 12.4. The Hall–Kier alpha value is -2.97. The number of rotatable bonds is 9. The van der Waals surface area contributed by atoms with Gasteiger partial charge in [0.1, 0.15) is 0 Å². The van der Waals surface area contributed by atoms with Crippen molar-refractivity contribution in [3.63, 3.8) is 0 Å². The standard InChI is InChI=1S/C35H44N4O2S/c1-26(2)38-17-13-32(14-18-38)37-33-15-19-39(20-16-33)34-10-6-9-28(23-34)30-21-29-11-12-35(24-31(29)22-30)42(40,41)36-25-27-7-4-3-5-8-27/h3-12,22-24,26,32-33,36-37H,13-21,25H2,1-2H3. The molecule has 3 aromatic carbocycles. The molecule has 2 heterocycles. The van der Waals surface area contributed by atoms with Gasteiger partial charge in [-0.2, -0.15) is 0 Å². The van der Waals surface area contributed by atoms with Gasteiger partial charge in [0.2, 0.25) is 10.0 Å². The first kappa shape index (κ1) is 29.1. The summed E-state index contributed by atoms with van der Waals surface area (Å²) in [5.41, 5.74) is 6.83. The first-order valence-corrected chi connectivity index (χ1v) is 17.0. The van der Waals surface area contributed by atoms with Gasteiger partial charge in [0.15, 0.2) is 0 Å². The lowest BCUT2D eigenvalue weighted by Gasteiger charge is -2.39. The van der Waals surface area contributed by atoms with Crippen molar-refractivity contribution in [3.05, 3.63) is 95.1 Å². The highest BCUT2D eigenvalue weighted by Gasteiger charge is 2.26. The van der Waals surface area contributed by atoms with E-state index in [0.717, 1.165) is 30.6 Å². The Morgan fingerprint density at radius 3 is 2.26 bits per heavy atom. The van der Waals surface area contributed by atoms with Crippen molar-refractivity contribution >= 4 is 27.4 Å². The minimum Gasteiger partial charge on any atom is -0.371 e. The van der Waals surface area contributed by atoms with Crippen LogP contribution < -0.4 is 14.9 Å². The van der Waals surface area contributed by atoms with E-state index in [9.17, 15) is 8.42 Å². The Morgan fingerprint density at radius 1 is 0.833 bits per heavy atom. The third-order valence-corrected chi connectivity index (χ3v) is 10.7. The smallest absolute Gasteiger partial charge is 0.240 e. The average molecular weight is 585 g/mol. The molecule has 0 saturated carbocycles. The summed E-state index contributed by atoms with van der Waals surface area (Å²) in [6.07, 6.45) is 7.85. The van der Waals surface area contributed by atoms with Gasteiger partial charge in [0.05, 0.1) is 4.90 Å². The van der Waals surface area contributed by atoms with Crippen LogP contribution in [0.15, 0.2) is 77.7 Å². The lowest BCUT2D eigenvalue weighted by molar-refractivity contribution is 0.154. The van der Waals surface area contributed by atoms with Crippen molar-refractivity contribution < 1.29 is 8.42 Å². The molecule has 2 saturated heterocycles. The zero-order chi connectivity index (χ0) is 29.1. The number of piperidine rings is 2. The molecular weight excluding hydrogens is 540 g/mol. The summed E-state index contributed by atoms with van der Waals surface area (Å²) in [4.78, 5) is 5.43. The van der Waals surface area contributed by atoms with Gasteiger partial charge in [-0.25, -0.2) is 13.1 Å². The Balaban J connectivity index is 1.06. The van der Waals surface area contributed by atoms with Gasteiger partial charge in [-0.3, -0.25) is 0 Å². The zero-order valence-corrected chi connectivity index (χ0v) is 25.7. The number of fused-ring (bicyclic) bond motifs is 1. The molecular formula is C35H44N4O2S. The van der Waals surface area contributed by atoms with E-state index in [1.165, 1.54) is 61.2 Å². The average Bonchev–Trinajstić information content (AvgIpc) is 3.45. The molecule has 6 rings (SSSR count).